The molecule has 1 aliphatic rings. The van der Waals surface area contributed by atoms with E-state index in [0.29, 0.717) is 12.1 Å². The highest BCUT2D eigenvalue weighted by Crippen LogP contribution is 2.39. The van der Waals surface area contributed by atoms with E-state index in [2.05, 4.69) is 49.4 Å². The highest BCUT2D eigenvalue weighted by atomic mass is 16.5. The van der Waals surface area contributed by atoms with E-state index < -0.39 is 0 Å². The number of nitrogens with one attached hydrogen (secondary N) is 1. The fraction of sp³-hybridized carbons (Fsp3) is 0.471. The lowest BCUT2D eigenvalue weighted by atomic mass is 9.89. The summed E-state index contributed by atoms with van der Waals surface area (Å²) in [7, 11) is 0. The first-order chi connectivity index (χ1) is 10.0. The average Bonchev–Trinajstić information content (AvgIpc) is 2.90. The molecule has 0 fully saturated rings. The molecule has 0 bridgehead atoms. The van der Waals surface area contributed by atoms with Gasteiger partial charge in [0.25, 0.3) is 0 Å². The summed E-state index contributed by atoms with van der Waals surface area (Å²) in [6.45, 7) is 7.37. The molecule has 2 heterocycles. The molecule has 4 nitrogen and oxygen atoms in total. The van der Waals surface area contributed by atoms with Crippen LogP contribution in [0.2, 0.25) is 0 Å². The number of fused-ring (bicyclic) bond motifs is 1. The van der Waals surface area contributed by atoms with Crippen molar-refractivity contribution in [1.82, 2.24) is 15.1 Å². The second-order valence-corrected chi connectivity index (χ2v) is 6.45. The lowest BCUT2D eigenvalue weighted by molar-refractivity contribution is 0.0635. The molecule has 112 valence electrons. The zero-order valence-electron chi connectivity index (χ0n) is 12.9. The number of rotatable bonds is 4. The lowest BCUT2D eigenvalue weighted by Gasteiger charge is -2.39. The van der Waals surface area contributed by atoms with Crippen LogP contribution in [0, 0.1) is 0 Å². The Balaban J connectivity index is 1.75. The molecular formula is C17H23N3O. The van der Waals surface area contributed by atoms with E-state index in [1.165, 1.54) is 5.56 Å². The minimum Gasteiger partial charge on any atom is -0.487 e. The van der Waals surface area contributed by atoms with Crippen molar-refractivity contribution >= 4 is 0 Å². The molecule has 0 amide bonds. The van der Waals surface area contributed by atoms with Crippen molar-refractivity contribution in [1.29, 1.82) is 0 Å². The summed E-state index contributed by atoms with van der Waals surface area (Å²) >= 11 is 0. The van der Waals surface area contributed by atoms with E-state index >= 15 is 0 Å². The first-order valence-corrected chi connectivity index (χ1v) is 7.55. The van der Waals surface area contributed by atoms with Crippen LogP contribution < -0.4 is 10.1 Å². The van der Waals surface area contributed by atoms with Crippen molar-refractivity contribution in [3.05, 3.63) is 48.3 Å². The smallest absolute Gasteiger partial charge is 0.124 e. The van der Waals surface area contributed by atoms with Crippen LogP contribution in [0.25, 0.3) is 0 Å². The minimum atomic E-state index is -0.141. The number of nitrogens with zero attached hydrogens (tertiary/aromatic N) is 2. The minimum absolute atomic E-state index is 0.141. The van der Waals surface area contributed by atoms with Gasteiger partial charge >= 0.3 is 0 Å². The second-order valence-electron chi connectivity index (χ2n) is 6.45. The van der Waals surface area contributed by atoms with Gasteiger partial charge in [0, 0.05) is 36.5 Å². The summed E-state index contributed by atoms with van der Waals surface area (Å²) in [4.78, 5) is 0. The second kappa shape index (κ2) is 5.53. The Kier molecular flexibility index (Phi) is 3.72. The van der Waals surface area contributed by atoms with Gasteiger partial charge in [-0.1, -0.05) is 18.2 Å². The third-order valence-electron chi connectivity index (χ3n) is 3.88. The molecule has 0 saturated heterocycles. The van der Waals surface area contributed by atoms with Crippen molar-refractivity contribution < 1.29 is 4.74 Å². The van der Waals surface area contributed by atoms with Gasteiger partial charge in [-0.25, -0.2) is 0 Å². The van der Waals surface area contributed by atoms with Crippen molar-refractivity contribution in [2.75, 3.05) is 0 Å². The molecule has 0 spiro atoms. The predicted octanol–water partition coefficient (Wildman–Crippen LogP) is 3.16. The van der Waals surface area contributed by atoms with Crippen molar-refractivity contribution in [2.24, 2.45) is 0 Å². The van der Waals surface area contributed by atoms with Gasteiger partial charge in [-0.2, -0.15) is 5.10 Å². The van der Waals surface area contributed by atoms with Crippen LogP contribution in [-0.2, 0) is 6.54 Å². The van der Waals surface area contributed by atoms with Gasteiger partial charge in [-0.3, -0.25) is 4.68 Å². The Morgan fingerprint density at radius 1 is 1.38 bits per heavy atom. The van der Waals surface area contributed by atoms with Crippen molar-refractivity contribution in [3.63, 3.8) is 0 Å². The third-order valence-corrected chi connectivity index (χ3v) is 3.88. The summed E-state index contributed by atoms with van der Waals surface area (Å²) in [6, 6.07) is 10.9. The van der Waals surface area contributed by atoms with Crippen LogP contribution >= 0.6 is 0 Å². The van der Waals surface area contributed by atoms with Gasteiger partial charge in [0.15, 0.2) is 0 Å². The first-order valence-electron chi connectivity index (χ1n) is 7.55. The molecule has 2 unspecified atom stereocenters. The molecule has 21 heavy (non-hydrogen) atoms. The third kappa shape index (κ3) is 3.27. The van der Waals surface area contributed by atoms with Crippen LogP contribution in [0.4, 0.5) is 0 Å². The fourth-order valence-electron chi connectivity index (χ4n) is 3.04. The molecule has 0 aliphatic carbocycles. The highest BCUT2D eigenvalue weighted by molar-refractivity contribution is 5.38. The van der Waals surface area contributed by atoms with E-state index in [-0.39, 0.29) is 5.60 Å². The molecular weight excluding hydrogens is 262 g/mol. The number of ether oxygens (including phenoxy) is 1. The zero-order valence-corrected chi connectivity index (χ0v) is 12.9. The molecule has 1 N–H and O–H groups in total. The average molecular weight is 285 g/mol. The van der Waals surface area contributed by atoms with Crippen LogP contribution in [0.15, 0.2) is 42.7 Å². The van der Waals surface area contributed by atoms with Crippen LogP contribution in [-0.4, -0.2) is 21.4 Å². The van der Waals surface area contributed by atoms with Gasteiger partial charge in [0.05, 0.1) is 6.54 Å². The maximum absolute atomic E-state index is 6.08. The Bertz CT molecular complexity index is 592. The van der Waals surface area contributed by atoms with E-state index in [4.69, 9.17) is 4.74 Å². The number of para-hydroxylation sites is 1. The highest BCUT2D eigenvalue weighted by Gasteiger charge is 2.33. The molecule has 0 radical (unpaired) electrons. The van der Waals surface area contributed by atoms with E-state index in [1.807, 2.05) is 29.2 Å². The Morgan fingerprint density at radius 3 is 2.95 bits per heavy atom. The van der Waals surface area contributed by atoms with Crippen molar-refractivity contribution in [2.45, 2.75) is 51.4 Å². The topological polar surface area (TPSA) is 39.1 Å². The fourth-order valence-corrected chi connectivity index (χ4v) is 3.04. The van der Waals surface area contributed by atoms with Gasteiger partial charge < -0.3 is 10.1 Å². The van der Waals surface area contributed by atoms with E-state index in [0.717, 1.165) is 18.7 Å². The van der Waals surface area contributed by atoms with Crippen molar-refractivity contribution in [3.8, 4) is 5.75 Å². The number of benzene rings is 1. The summed E-state index contributed by atoms with van der Waals surface area (Å²) < 4.78 is 8.05. The lowest BCUT2D eigenvalue weighted by Crippen LogP contribution is -2.43. The van der Waals surface area contributed by atoms with Crippen LogP contribution in [0.5, 0.6) is 5.75 Å². The largest absolute Gasteiger partial charge is 0.487 e. The van der Waals surface area contributed by atoms with Gasteiger partial charge in [0.1, 0.15) is 11.4 Å². The van der Waals surface area contributed by atoms with E-state index in [9.17, 15) is 0 Å². The Labute approximate surface area is 126 Å². The van der Waals surface area contributed by atoms with Gasteiger partial charge in [-0.05, 0) is 32.9 Å². The SMILES string of the molecule is CC(Cn1cccn1)NC1CC(C)(C)Oc2ccccc21. The first kappa shape index (κ1) is 14.1. The summed E-state index contributed by atoms with van der Waals surface area (Å²) in [5.74, 6) is 0.998. The molecule has 1 aromatic carbocycles. The molecule has 4 heteroatoms. The number of aromatic nitrogens is 2. The summed E-state index contributed by atoms with van der Waals surface area (Å²) in [5, 5.41) is 8.00. The van der Waals surface area contributed by atoms with Crippen LogP contribution in [0.1, 0.15) is 38.8 Å². The molecule has 1 aromatic heterocycles. The standard InChI is InChI=1S/C17H23N3O/c1-13(12-20-10-6-9-18-20)19-15-11-17(2,3)21-16-8-5-4-7-14(15)16/h4-10,13,15,19H,11-12H2,1-3H3. The van der Waals surface area contributed by atoms with Gasteiger partial charge in [-0.15, -0.1) is 0 Å². The van der Waals surface area contributed by atoms with Crippen LogP contribution in [0.3, 0.4) is 0 Å². The number of hydrogen-bond acceptors (Lipinski definition) is 3. The number of hydrogen-bond donors (Lipinski definition) is 1. The monoisotopic (exact) mass is 285 g/mol. The Morgan fingerprint density at radius 2 is 2.19 bits per heavy atom. The predicted molar refractivity (Wildman–Crippen MR) is 83.3 cm³/mol. The maximum atomic E-state index is 6.08. The maximum Gasteiger partial charge on any atom is 0.124 e. The van der Waals surface area contributed by atoms with E-state index in [1.54, 1.807) is 0 Å². The molecule has 2 aromatic rings. The normalized spacial score (nSPS) is 21.4. The molecule has 1 aliphatic heterocycles. The Hall–Kier alpha value is -1.81. The molecule has 3 rings (SSSR count). The quantitative estimate of drug-likeness (QED) is 0.938. The summed E-state index contributed by atoms with van der Waals surface area (Å²) in [6.07, 6.45) is 4.78. The van der Waals surface area contributed by atoms with Gasteiger partial charge in [0.2, 0.25) is 0 Å². The molecule has 2 atom stereocenters. The molecule has 0 saturated carbocycles. The summed E-state index contributed by atoms with van der Waals surface area (Å²) in [5.41, 5.74) is 1.11. The zero-order chi connectivity index (χ0) is 14.9.